The van der Waals surface area contributed by atoms with Crippen molar-refractivity contribution in [1.82, 2.24) is 0 Å². The van der Waals surface area contributed by atoms with E-state index in [0.29, 0.717) is 11.5 Å². The summed E-state index contributed by atoms with van der Waals surface area (Å²) in [5.41, 5.74) is 4.44. The van der Waals surface area contributed by atoms with Gasteiger partial charge in [-0.05, 0) is 85.8 Å². The molecule has 4 nitrogen and oxygen atoms in total. The highest BCUT2D eigenvalue weighted by atomic mass is 31.2. The lowest BCUT2D eigenvalue weighted by atomic mass is 10.0. The summed E-state index contributed by atoms with van der Waals surface area (Å²) >= 11 is 0. The van der Waals surface area contributed by atoms with Crippen LogP contribution in [0.15, 0.2) is 36.4 Å². The van der Waals surface area contributed by atoms with E-state index in [1.807, 2.05) is 24.3 Å². The summed E-state index contributed by atoms with van der Waals surface area (Å²) in [6.45, 7) is 8.65. The predicted molar refractivity (Wildman–Crippen MR) is 138 cm³/mol. The van der Waals surface area contributed by atoms with Crippen molar-refractivity contribution in [1.29, 1.82) is 0 Å². The number of phosphoric ester groups is 1. The van der Waals surface area contributed by atoms with Gasteiger partial charge in [0.25, 0.3) is 0 Å². The van der Waals surface area contributed by atoms with Crippen molar-refractivity contribution in [2.24, 2.45) is 0 Å². The van der Waals surface area contributed by atoms with Gasteiger partial charge < -0.3 is 9.05 Å². The van der Waals surface area contributed by atoms with E-state index in [-0.39, 0.29) is 0 Å². The molecule has 0 amide bonds. The van der Waals surface area contributed by atoms with E-state index in [1.165, 1.54) is 11.1 Å². The molecule has 5 heteroatoms. The lowest BCUT2D eigenvalue weighted by Gasteiger charge is -2.19. The second-order valence-corrected chi connectivity index (χ2v) is 10.3. The van der Waals surface area contributed by atoms with Crippen molar-refractivity contribution in [2.45, 2.75) is 105 Å². The number of phosphoric acid groups is 1. The topological polar surface area (TPSA) is 55.8 Å². The Morgan fingerprint density at radius 3 is 1.36 bits per heavy atom. The van der Waals surface area contributed by atoms with Gasteiger partial charge in [-0.1, -0.05) is 77.6 Å². The minimum absolute atomic E-state index is 0.448. The second kappa shape index (κ2) is 14.5. The van der Waals surface area contributed by atoms with Gasteiger partial charge in [-0.25, -0.2) is 4.57 Å². The molecule has 0 heterocycles. The Bertz CT molecular complexity index is 824. The quantitative estimate of drug-likeness (QED) is 0.247. The number of hydrogen-bond donors (Lipinski definition) is 1. The molecule has 0 aromatic heterocycles. The van der Waals surface area contributed by atoms with Crippen LogP contribution in [0, 0.1) is 0 Å². The lowest BCUT2D eigenvalue weighted by molar-refractivity contribution is 0.288. The normalized spacial score (nSPS) is 11.5. The summed E-state index contributed by atoms with van der Waals surface area (Å²) in [6.07, 6.45) is 12.3. The van der Waals surface area contributed by atoms with Crippen LogP contribution in [0.5, 0.6) is 11.5 Å². The van der Waals surface area contributed by atoms with E-state index in [0.717, 1.165) is 88.2 Å². The molecule has 0 spiro atoms. The molecule has 0 radical (unpaired) electrons. The van der Waals surface area contributed by atoms with E-state index in [2.05, 4.69) is 39.8 Å². The Kier molecular flexibility index (Phi) is 12.1. The third kappa shape index (κ3) is 9.55. The monoisotopic (exact) mass is 474 g/mol. The number of unbranched alkanes of at least 4 members (excludes halogenated alkanes) is 4. The van der Waals surface area contributed by atoms with Crippen LogP contribution in [-0.4, -0.2) is 4.89 Å². The number of benzene rings is 2. The predicted octanol–water partition coefficient (Wildman–Crippen LogP) is 8.62. The third-order valence-electron chi connectivity index (χ3n) is 5.91. The standard InChI is InChI=1S/C28H43O4P/c1-5-9-13-23-17-19-27(25(21-23)15-11-7-3)31-33(29,30)32-28-20-18-24(14-10-6-2)22-26(28)16-12-8-4/h17-22H,5-16H2,1-4H3,(H,29,30). The Hall–Kier alpha value is -1.77. The summed E-state index contributed by atoms with van der Waals surface area (Å²) in [6, 6.07) is 11.9. The Labute approximate surface area is 201 Å². The molecule has 0 unspecified atom stereocenters. The molecule has 0 aliphatic heterocycles. The molecule has 0 aliphatic rings. The Morgan fingerprint density at radius 2 is 1.00 bits per heavy atom. The van der Waals surface area contributed by atoms with E-state index in [4.69, 9.17) is 9.05 Å². The zero-order valence-electron chi connectivity index (χ0n) is 21.1. The molecule has 33 heavy (non-hydrogen) atoms. The smallest absolute Gasteiger partial charge is 0.395 e. The van der Waals surface area contributed by atoms with Crippen LogP contribution < -0.4 is 9.05 Å². The molecule has 0 aliphatic carbocycles. The van der Waals surface area contributed by atoms with Crippen molar-refractivity contribution in [3.05, 3.63) is 58.7 Å². The van der Waals surface area contributed by atoms with E-state index < -0.39 is 7.82 Å². The molecule has 2 aromatic rings. The van der Waals surface area contributed by atoms with Crippen molar-refractivity contribution in [3.8, 4) is 11.5 Å². The molecule has 1 N–H and O–H groups in total. The first-order chi connectivity index (χ1) is 15.9. The second-order valence-electron chi connectivity index (χ2n) is 8.95. The highest BCUT2D eigenvalue weighted by Gasteiger charge is 2.27. The molecule has 0 saturated carbocycles. The molecule has 0 atom stereocenters. The van der Waals surface area contributed by atoms with Crippen molar-refractivity contribution >= 4 is 7.82 Å². The third-order valence-corrected chi connectivity index (χ3v) is 6.77. The largest absolute Gasteiger partial charge is 0.584 e. The molecule has 2 rings (SSSR count). The number of aryl methyl sites for hydroxylation is 4. The van der Waals surface area contributed by atoms with Crippen LogP contribution in [0.4, 0.5) is 0 Å². The lowest BCUT2D eigenvalue weighted by Crippen LogP contribution is -2.05. The van der Waals surface area contributed by atoms with Crippen LogP contribution >= 0.6 is 7.82 Å². The van der Waals surface area contributed by atoms with Crippen molar-refractivity contribution in [3.63, 3.8) is 0 Å². The average molecular weight is 475 g/mol. The van der Waals surface area contributed by atoms with Gasteiger partial charge in [-0.3, -0.25) is 4.89 Å². The number of rotatable bonds is 16. The molecule has 2 aromatic carbocycles. The molecule has 0 saturated heterocycles. The molecule has 0 fully saturated rings. The Balaban J connectivity index is 2.23. The van der Waals surface area contributed by atoms with Crippen LogP contribution in [0.3, 0.4) is 0 Å². The maximum absolute atomic E-state index is 13.0. The summed E-state index contributed by atoms with van der Waals surface area (Å²) in [4.78, 5) is 10.7. The summed E-state index contributed by atoms with van der Waals surface area (Å²) in [7, 11) is -4.33. The number of hydrogen-bond acceptors (Lipinski definition) is 3. The van der Waals surface area contributed by atoms with Gasteiger partial charge in [0, 0.05) is 0 Å². The molecular weight excluding hydrogens is 431 g/mol. The molecular formula is C28H43O4P. The van der Waals surface area contributed by atoms with E-state index in [1.54, 1.807) is 0 Å². The highest BCUT2D eigenvalue weighted by Crippen LogP contribution is 2.47. The maximum Gasteiger partial charge on any atom is 0.584 e. The minimum Gasteiger partial charge on any atom is -0.395 e. The van der Waals surface area contributed by atoms with Crippen molar-refractivity contribution in [2.75, 3.05) is 0 Å². The molecule has 0 bridgehead atoms. The summed E-state index contributed by atoms with van der Waals surface area (Å²) in [5.74, 6) is 0.897. The van der Waals surface area contributed by atoms with E-state index in [9.17, 15) is 9.46 Å². The zero-order valence-corrected chi connectivity index (χ0v) is 22.0. The summed E-state index contributed by atoms with van der Waals surface area (Å²) < 4.78 is 24.3. The van der Waals surface area contributed by atoms with Gasteiger partial charge in [-0.2, -0.15) is 0 Å². The van der Waals surface area contributed by atoms with Gasteiger partial charge in [0.15, 0.2) is 0 Å². The molecule has 184 valence electrons. The van der Waals surface area contributed by atoms with E-state index >= 15 is 0 Å². The fourth-order valence-electron chi connectivity index (χ4n) is 3.91. The average Bonchev–Trinajstić information content (AvgIpc) is 2.80. The maximum atomic E-state index is 13.0. The highest BCUT2D eigenvalue weighted by molar-refractivity contribution is 7.48. The van der Waals surface area contributed by atoms with Crippen LogP contribution in [-0.2, 0) is 30.2 Å². The van der Waals surface area contributed by atoms with Crippen LogP contribution in [0.25, 0.3) is 0 Å². The fourth-order valence-corrected chi connectivity index (χ4v) is 4.80. The first-order valence-corrected chi connectivity index (χ1v) is 14.4. The first-order valence-electron chi connectivity index (χ1n) is 12.9. The van der Waals surface area contributed by atoms with Gasteiger partial charge in [0.1, 0.15) is 11.5 Å². The van der Waals surface area contributed by atoms with Gasteiger partial charge >= 0.3 is 7.82 Å². The first kappa shape index (κ1) is 27.5. The SMILES string of the molecule is CCCCc1ccc(OP(=O)(O)Oc2ccc(CCCC)cc2CCCC)c(CCCC)c1. The Morgan fingerprint density at radius 1 is 0.636 bits per heavy atom. The fraction of sp³-hybridized carbons (Fsp3) is 0.571. The van der Waals surface area contributed by atoms with Crippen molar-refractivity contribution < 1.29 is 18.5 Å². The van der Waals surface area contributed by atoms with Crippen LogP contribution in [0.1, 0.15) is 101 Å². The van der Waals surface area contributed by atoms with Gasteiger partial charge in [-0.15, -0.1) is 0 Å². The zero-order chi connectivity index (χ0) is 24.1. The summed E-state index contributed by atoms with van der Waals surface area (Å²) in [5, 5.41) is 0. The minimum atomic E-state index is -4.33. The van der Waals surface area contributed by atoms with Gasteiger partial charge in [0.2, 0.25) is 0 Å². The van der Waals surface area contributed by atoms with Crippen LogP contribution in [0.2, 0.25) is 0 Å². The van der Waals surface area contributed by atoms with Gasteiger partial charge in [0.05, 0.1) is 0 Å².